The minimum absolute atomic E-state index is 0.0305. The van der Waals surface area contributed by atoms with Gasteiger partial charge in [0.05, 0.1) is 11.4 Å². The second-order valence-electron chi connectivity index (χ2n) is 7.30. The summed E-state index contributed by atoms with van der Waals surface area (Å²) in [6, 6.07) is 9.18. The largest absolute Gasteiger partial charge is 0.381 e. The quantitative estimate of drug-likeness (QED) is 0.869. The maximum Gasteiger partial charge on any atom is 0.234 e. The molecule has 1 aromatic rings. The van der Waals surface area contributed by atoms with E-state index in [1.165, 1.54) is 11.1 Å². The van der Waals surface area contributed by atoms with Crippen LogP contribution in [0.2, 0.25) is 0 Å². The molecule has 1 aliphatic carbocycles. The van der Waals surface area contributed by atoms with Gasteiger partial charge >= 0.3 is 0 Å². The van der Waals surface area contributed by atoms with Gasteiger partial charge in [-0.3, -0.25) is 4.79 Å². The Hall–Kier alpha value is -1.30. The van der Waals surface area contributed by atoms with E-state index in [4.69, 9.17) is 4.74 Å². The summed E-state index contributed by atoms with van der Waals surface area (Å²) in [7, 11) is 3.79. The van der Waals surface area contributed by atoms with Crippen molar-refractivity contribution in [1.29, 1.82) is 0 Å². The lowest BCUT2D eigenvalue weighted by Gasteiger charge is -2.49. The summed E-state index contributed by atoms with van der Waals surface area (Å²) in [6.07, 6.45) is 4.47. The highest BCUT2D eigenvalue weighted by atomic mass is 32.2. The topological polar surface area (TPSA) is 50.4 Å². The first-order valence-corrected chi connectivity index (χ1v) is 10.1. The van der Waals surface area contributed by atoms with Crippen molar-refractivity contribution in [3.05, 3.63) is 46.9 Å². The first-order chi connectivity index (χ1) is 12.2. The third-order valence-corrected chi connectivity index (χ3v) is 7.13. The molecule has 1 saturated heterocycles. The van der Waals surface area contributed by atoms with Crippen molar-refractivity contribution < 1.29 is 9.53 Å². The third kappa shape index (κ3) is 3.03. The number of hydrogen-bond donors (Lipinski definition) is 2. The summed E-state index contributed by atoms with van der Waals surface area (Å²) >= 11 is 1.66. The molecule has 2 N–H and O–H groups in total. The Labute approximate surface area is 153 Å². The maximum atomic E-state index is 12.4. The second-order valence-corrected chi connectivity index (χ2v) is 8.36. The van der Waals surface area contributed by atoms with Gasteiger partial charge in [0, 0.05) is 31.5 Å². The molecule has 6 atom stereocenters. The fourth-order valence-electron chi connectivity index (χ4n) is 4.90. The van der Waals surface area contributed by atoms with Crippen LogP contribution in [0.25, 0.3) is 0 Å². The van der Waals surface area contributed by atoms with Gasteiger partial charge in [-0.2, -0.15) is 0 Å². The highest BCUT2D eigenvalue weighted by Gasteiger charge is 2.52. The smallest absolute Gasteiger partial charge is 0.234 e. The normalized spacial score (nSPS) is 36.6. The zero-order chi connectivity index (χ0) is 17.4. The van der Waals surface area contributed by atoms with Gasteiger partial charge in [-0.1, -0.05) is 30.3 Å². The molecule has 1 saturated carbocycles. The third-order valence-electron chi connectivity index (χ3n) is 6.00. The van der Waals surface area contributed by atoms with E-state index in [1.54, 1.807) is 11.8 Å². The first-order valence-electron chi connectivity index (χ1n) is 9.11. The van der Waals surface area contributed by atoms with E-state index in [0.29, 0.717) is 17.8 Å². The number of carbonyl (C=O) groups is 1. The fraction of sp³-hybridized carbons (Fsp3) is 0.550. The van der Waals surface area contributed by atoms with Gasteiger partial charge in [0.15, 0.2) is 0 Å². The molecule has 4 nitrogen and oxygen atoms in total. The van der Waals surface area contributed by atoms with E-state index in [0.717, 1.165) is 19.4 Å². The number of piperidine rings is 1. The predicted octanol–water partition coefficient (Wildman–Crippen LogP) is 2.66. The lowest BCUT2D eigenvalue weighted by atomic mass is 9.63. The Morgan fingerprint density at radius 2 is 2.08 bits per heavy atom. The van der Waals surface area contributed by atoms with Crippen molar-refractivity contribution in [1.82, 2.24) is 10.6 Å². The van der Waals surface area contributed by atoms with Crippen LogP contribution in [0.5, 0.6) is 0 Å². The molecule has 4 rings (SSSR count). The average molecular weight is 359 g/mol. The van der Waals surface area contributed by atoms with E-state index in [9.17, 15) is 4.79 Å². The highest BCUT2D eigenvalue weighted by molar-refractivity contribution is 8.03. The standard InChI is InChI=1S/C20H26N2O2S/c1-21-11-12-3-5-13(6-4-12)17-16(24-2)8-7-15-18(17)14-9-10-25-19(14)20(23)22-15/h3-6,9-10,14-19,21H,7-8,11H2,1-2H3,(H,22,23). The Bertz CT molecular complexity index is 660. The Morgan fingerprint density at radius 3 is 2.80 bits per heavy atom. The van der Waals surface area contributed by atoms with Crippen LogP contribution in [0, 0.1) is 11.8 Å². The van der Waals surface area contributed by atoms with Crippen LogP contribution in [0.4, 0.5) is 0 Å². The molecule has 5 heteroatoms. The maximum absolute atomic E-state index is 12.4. The zero-order valence-corrected chi connectivity index (χ0v) is 15.6. The van der Waals surface area contributed by atoms with Gasteiger partial charge in [0.25, 0.3) is 0 Å². The molecule has 0 aromatic heterocycles. The highest BCUT2D eigenvalue weighted by Crippen LogP contribution is 2.50. The Balaban J connectivity index is 1.68. The lowest BCUT2D eigenvalue weighted by Crippen LogP contribution is -2.59. The monoisotopic (exact) mass is 358 g/mol. The summed E-state index contributed by atoms with van der Waals surface area (Å²) < 4.78 is 5.90. The van der Waals surface area contributed by atoms with Crippen molar-refractivity contribution in [3.63, 3.8) is 0 Å². The molecule has 2 heterocycles. The van der Waals surface area contributed by atoms with Crippen LogP contribution in [0.3, 0.4) is 0 Å². The fourth-order valence-corrected chi connectivity index (χ4v) is 5.98. The van der Waals surface area contributed by atoms with E-state index >= 15 is 0 Å². The van der Waals surface area contributed by atoms with Crippen LogP contribution in [-0.2, 0) is 16.1 Å². The number of hydrogen-bond acceptors (Lipinski definition) is 4. The van der Waals surface area contributed by atoms with Crippen LogP contribution < -0.4 is 10.6 Å². The van der Waals surface area contributed by atoms with Crippen molar-refractivity contribution in [2.24, 2.45) is 11.8 Å². The summed E-state index contributed by atoms with van der Waals surface area (Å²) in [5.41, 5.74) is 2.63. The molecule has 0 bridgehead atoms. The molecule has 2 aliphatic heterocycles. The molecular weight excluding hydrogens is 332 g/mol. The first kappa shape index (κ1) is 17.1. The van der Waals surface area contributed by atoms with E-state index in [2.05, 4.69) is 46.4 Å². The molecular formula is C20H26N2O2S. The van der Waals surface area contributed by atoms with Crippen molar-refractivity contribution >= 4 is 17.7 Å². The van der Waals surface area contributed by atoms with E-state index in [1.807, 2.05) is 14.2 Å². The molecule has 134 valence electrons. The van der Waals surface area contributed by atoms with Crippen molar-refractivity contribution in [2.75, 3.05) is 14.2 Å². The summed E-state index contributed by atoms with van der Waals surface area (Å²) in [6.45, 7) is 0.880. The van der Waals surface area contributed by atoms with Gasteiger partial charge in [-0.05, 0) is 42.3 Å². The van der Waals surface area contributed by atoms with Crippen LogP contribution in [-0.4, -0.2) is 37.5 Å². The number of methoxy groups -OCH3 is 1. The van der Waals surface area contributed by atoms with Gasteiger partial charge in [-0.15, -0.1) is 11.8 Å². The zero-order valence-electron chi connectivity index (χ0n) is 14.8. The number of fused-ring (bicyclic) bond motifs is 3. The Kier molecular flexibility index (Phi) is 4.89. The average Bonchev–Trinajstić information content (AvgIpc) is 3.12. The van der Waals surface area contributed by atoms with E-state index < -0.39 is 0 Å². The number of ether oxygens (including phenoxy) is 1. The number of carbonyl (C=O) groups excluding carboxylic acids is 1. The van der Waals surface area contributed by atoms with Crippen LogP contribution >= 0.6 is 11.8 Å². The number of nitrogens with one attached hydrogen (secondary N) is 2. The minimum Gasteiger partial charge on any atom is -0.381 e. The lowest BCUT2D eigenvalue weighted by molar-refractivity contribution is -0.127. The number of amides is 1. The SMILES string of the molecule is CNCc1ccc(C2C(OC)CCC3NC(=O)C4SC=CC4C32)cc1. The molecule has 25 heavy (non-hydrogen) atoms. The molecule has 6 unspecified atom stereocenters. The molecule has 0 radical (unpaired) electrons. The minimum atomic E-state index is 0.0305. The summed E-state index contributed by atoms with van der Waals surface area (Å²) in [4.78, 5) is 12.4. The van der Waals surface area contributed by atoms with Gasteiger partial charge in [-0.25, -0.2) is 0 Å². The van der Waals surface area contributed by atoms with Gasteiger partial charge < -0.3 is 15.4 Å². The molecule has 1 amide bonds. The summed E-state index contributed by atoms with van der Waals surface area (Å²) in [5.74, 6) is 1.25. The number of thioether (sulfide) groups is 1. The predicted molar refractivity (Wildman–Crippen MR) is 101 cm³/mol. The van der Waals surface area contributed by atoms with Crippen LogP contribution in [0.1, 0.15) is 29.9 Å². The van der Waals surface area contributed by atoms with Crippen molar-refractivity contribution in [2.45, 2.75) is 42.7 Å². The van der Waals surface area contributed by atoms with Gasteiger partial charge in [0.2, 0.25) is 5.91 Å². The Morgan fingerprint density at radius 1 is 1.28 bits per heavy atom. The molecule has 2 fully saturated rings. The molecule has 0 spiro atoms. The molecule has 3 aliphatic rings. The summed E-state index contributed by atoms with van der Waals surface area (Å²) in [5, 5.41) is 8.64. The molecule has 1 aromatic carbocycles. The van der Waals surface area contributed by atoms with Crippen molar-refractivity contribution in [3.8, 4) is 0 Å². The van der Waals surface area contributed by atoms with Gasteiger partial charge in [0.1, 0.15) is 0 Å². The second kappa shape index (κ2) is 7.14. The number of allylic oxidation sites excluding steroid dienone is 1. The number of rotatable bonds is 4. The van der Waals surface area contributed by atoms with E-state index in [-0.39, 0.29) is 23.3 Å². The van der Waals surface area contributed by atoms with Crippen LogP contribution in [0.15, 0.2) is 35.7 Å². The number of benzene rings is 1.